The maximum absolute atomic E-state index is 13.9. The van der Waals surface area contributed by atoms with Gasteiger partial charge in [0.1, 0.15) is 29.4 Å². The summed E-state index contributed by atoms with van der Waals surface area (Å²) in [6.45, 7) is 8.37. The Hall–Kier alpha value is -3.00. The van der Waals surface area contributed by atoms with Gasteiger partial charge in [0.05, 0.1) is 25.5 Å². The number of halogens is 1. The number of imidazole rings is 1. The Bertz CT molecular complexity index is 1420. The fourth-order valence-corrected chi connectivity index (χ4v) is 6.06. The van der Waals surface area contributed by atoms with Crippen molar-refractivity contribution in [3.63, 3.8) is 0 Å². The van der Waals surface area contributed by atoms with E-state index in [4.69, 9.17) is 40.6 Å². The lowest BCUT2D eigenvalue weighted by atomic mass is 10.0. The Kier molecular flexibility index (Phi) is 9.96. The van der Waals surface area contributed by atoms with Gasteiger partial charge in [-0.15, -0.1) is 11.6 Å². The number of carbonyl (C=O) groups excluding carboxylic acids is 1. The van der Waals surface area contributed by atoms with Crippen molar-refractivity contribution < 1.29 is 37.7 Å². The molecule has 1 aromatic carbocycles. The summed E-state index contributed by atoms with van der Waals surface area (Å²) >= 11 is 6.82. The summed E-state index contributed by atoms with van der Waals surface area (Å²) in [6, 6.07) is 7.82. The summed E-state index contributed by atoms with van der Waals surface area (Å²) < 4.78 is 43.9. The number of nitrogens with two attached hydrogens (primary N) is 1. The van der Waals surface area contributed by atoms with E-state index in [0.717, 1.165) is 0 Å². The molecule has 1 aliphatic rings. The number of hydrogen-bond acceptors (Lipinski definition) is 12. The number of aliphatic hydroxyl groups is 1. The first-order valence-corrected chi connectivity index (χ1v) is 15.4. The number of aliphatic hydroxyl groups excluding tert-OH is 1. The predicted octanol–water partition coefficient (Wildman–Crippen LogP) is 3.44. The topological polar surface area (TPSA) is 182 Å². The number of benzene rings is 1. The van der Waals surface area contributed by atoms with Crippen LogP contribution < -0.4 is 20.1 Å². The highest BCUT2D eigenvalue weighted by Gasteiger charge is 2.54. The minimum absolute atomic E-state index is 0.0410. The van der Waals surface area contributed by atoms with Crippen molar-refractivity contribution in [3.05, 3.63) is 36.7 Å². The fraction of sp³-hybridized carbons (Fsp3) is 0.538. The molecule has 4 N–H and O–H groups in total. The van der Waals surface area contributed by atoms with Gasteiger partial charge in [-0.05, 0) is 32.9 Å². The van der Waals surface area contributed by atoms with E-state index in [1.165, 1.54) is 10.9 Å². The number of nitrogen functional groups attached to an aromatic ring is 1. The summed E-state index contributed by atoms with van der Waals surface area (Å²) in [6.07, 6.45) is -1.85. The molecule has 42 heavy (non-hydrogen) atoms. The number of rotatable bonds is 13. The number of esters is 1. The number of carbonyl (C=O) groups is 1. The number of nitrogens with zero attached hydrogens (tertiary/aromatic N) is 4. The smallest absolute Gasteiger partial charge is 0.459 e. The highest BCUT2D eigenvalue weighted by atomic mass is 35.5. The van der Waals surface area contributed by atoms with E-state index in [1.807, 2.05) is 0 Å². The van der Waals surface area contributed by atoms with Crippen molar-refractivity contribution in [1.29, 1.82) is 0 Å². The van der Waals surface area contributed by atoms with Crippen LogP contribution in [0.4, 0.5) is 5.95 Å². The summed E-state index contributed by atoms with van der Waals surface area (Å²) in [7, 11) is -4.09. The van der Waals surface area contributed by atoms with Crippen molar-refractivity contribution in [2.24, 2.45) is 5.92 Å². The van der Waals surface area contributed by atoms with Crippen LogP contribution in [0.15, 0.2) is 36.7 Å². The van der Waals surface area contributed by atoms with E-state index in [-0.39, 0.29) is 36.7 Å². The number of hydrogen-bond donors (Lipinski definition) is 3. The van der Waals surface area contributed by atoms with Gasteiger partial charge in [0.25, 0.3) is 0 Å². The molecule has 0 saturated carbocycles. The second-order valence-corrected chi connectivity index (χ2v) is 12.8. The maximum Gasteiger partial charge on any atom is 0.459 e. The van der Waals surface area contributed by atoms with Gasteiger partial charge < -0.3 is 29.6 Å². The van der Waals surface area contributed by atoms with Crippen LogP contribution >= 0.6 is 19.3 Å². The summed E-state index contributed by atoms with van der Waals surface area (Å²) in [5.74, 6) is -0.279. The van der Waals surface area contributed by atoms with Gasteiger partial charge in [-0.3, -0.25) is 13.9 Å². The number of ether oxygens (including phenoxy) is 3. The molecule has 6 atom stereocenters. The molecule has 14 nitrogen and oxygen atoms in total. The molecular weight excluding hydrogens is 591 g/mol. The normalized spacial score (nSPS) is 24.4. The standard InChI is InChI=1S/C26H36ClN6O8P/c1-6-37-22-19-21(30-25(28)31-22)33(14-29-19)24-26(5,27)20(34)18(40-24)13-39-42(36,41-17-10-8-7-9-11-17)32-16(4)12-38-23(35)15(2)3/h7-11,14-16,18,20,24,34H,6,12-13H2,1-5H3,(H,32,36)(H2,28,30,31)/t16-,18+,20+,24+,26+,42?/m0/s1. The van der Waals surface area contributed by atoms with Gasteiger partial charge >= 0.3 is 13.7 Å². The highest BCUT2D eigenvalue weighted by molar-refractivity contribution is 7.52. The zero-order valence-corrected chi connectivity index (χ0v) is 25.6. The predicted molar refractivity (Wildman–Crippen MR) is 154 cm³/mol. The van der Waals surface area contributed by atoms with Crippen LogP contribution in [0.3, 0.4) is 0 Å². The van der Waals surface area contributed by atoms with Gasteiger partial charge in [-0.25, -0.2) is 14.6 Å². The first-order chi connectivity index (χ1) is 19.8. The minimum atomic E-state index is -4.09. The second kappa shape index (κ2) is 13.1. The number of fused-ring (bicyclic) bond motifs is 1. The molecule has 4 rings (SSSR count). The number of anilines is 1. The van der Waals surface area contributed by atoms with Crippen LogP contribution in [0.1, 0.15) is 40.8 Å². The molecule has 0 spiro atoms. The molecular formula is C26H36ClN6O8P. The quantitative estimate of drug-likeness (QED) is 0.143. The van der Waals surface area contributed by atoms with Gasteiger partial charge in [0, 0.05) is 6.04 Å². The third-order valence-electron chi connectivity index (χ3n) is 6.36. The number of nitrogens with one attached hydrogen (secondary N) is 1. The van der Waals surface area contributed by atoms with Gasteiger partial charge in [0.15, 0.2) is 17.4 Å². The second-order valence-electron chi connectivity index (χ2n) is 10.3. The first-order valence-electron chi connectivity index (χ1n) is 13.4. The third-order valence-corrected chi connectivity index (χ3v) is 8.47. The fourth-order valence-electron chi connectivity index (χ4n) is 4.23. The molecule has 3 aromatic rings. The van der Waals surface area contributed by atoms with Gasteiger partial charge in [-0.1, -0.05) is 32.0 Å². The summed E-state index contributed by atoms with van der Waals surface area (Å²) in [5, 5.41) is 13.9. The zero-order valence-electron chi connectivity index (χ0n) is 24.0. The van der Waals surface area contributed by atoms with Crippen LogP contribution in [-0.4, -0.2) is 73.5 Å². The Balaban J connectivity index is 1.53. The Morgan fingerprint density at radius 1 is 1.29 bits per heavy atom. The molecule has 3 heterocycles. The number of alkyl halides is 1. The first kappa shape index (κ1) is 31.9. The lowest BCUT2D eigenvalue weighted by Crippen LogP contribution is -2.40. The van der Waals surface area contributed by atoms with Crippen LogP contribution in [0, 0.1) is 5.92 Å². The Morgan fingerprint density at radius 2 is 2.00 bits per heavy atom. The molecule has 1 fully saturated rings. The molecule has 230 valence electrons. The van der Waals surface area contributed by atoms with E-state index in [9.17, 15) is 14.5 Å². The monoisotopic (exact) mass is 626 g/mol. The number of aromatic nitrogens is 4. The zero-order chi connectivity index (χ0) is 30.7. The van der Waals surface area contributed by atoms with Crippen LogP contribution in [-0.2, 0) is 23.4 Å². The lowest BCUT2D eigenvalue weighted by molar-refractivity contribution is -0.147. The summed E-state index contributed by atoms with van der Waals surface area (Å²) in [5.41, 5.74) is 6.52. The van der Waals surface area contributed by atoms with E-state index < -0.39 is 43.1 Å². The highest BCUT2D eigenvalue weighted by Crippen LogP contribution is 2.48. The molecule has 0 amide bonds. The molecule has 1 aliphatic heterocycles. The molecule has 0 radical (unpaired) electrons. The molecule has 2 aromatic heterocycles. The molecule has 0 aliphatic carbocycles. The Labute approximate surface area is 248 Å². The van der Waals surface area contributed by atoms with Crippen LogP contribution in [0.25, 0.3) is 11.2 Å². The van der Waals surface area contributed by atoms with E-state index in [0.29, 0.717) is 17.8 Å². The third kappa shape index (κ3) is 7.13. The van der Waals surface area contributed by atoms with Gasteiger partial charge in [-0.2, -0.15) is 9.97 Å². The van der Waals surface area contributed by atoms with Gasteiger partial charge in [0.2, 0.25) is 11.8 Å². The van der Waals surface area contributed by atoms with Crippen molar-refractivity contribution in [2.45, 2.75) is 64.0 Å². The van der Waals surface area contributed by atoms with Crippen LogP contribution in [0.5, 0.6) is 11.6 Å². The largest absolute Gasteiger partial charge is 0.476 e. The Morgan fingerprint density at radius 3 is 2.67 bits per heavy atom. The van der Waals surface area contributed by atoms with Crippen LogP contribution in [0.2, 0.25) is 0 Å². The molecule has 0 bridgehead atoms. The molecule has 16 heteroatoms. The maximum atomic E-state index is 13.9. The van der Waals surface area contributed by atoms with E-state index in [1.54, 1.807) is 65.0 Å². The van der Waals surface area contributed by atoms with Crippen molar-refractivity contribution in [3.8, 4) is 11.6 Å². The van der Waals surface area contributed by atoms with E-state index in [2.05, 4.69) is 20.0 Å². The minimum Gasteiger partial charge on any atom is -0.476 e. The van der Waals surface area contributed by atoms with Crippen molar-refractivity contribution in [1.82, 2.24) is 24.6 Å². The SMILES string of the molecule is CCOc1nc(N)nc2c1ncn2[C@@H]1O[C@H](COP(=O)(N[C@@H](C)COC(=O)C(C)C)Oc2ccccc2)[C@@H](O)[C@@]1(C)Cl. The molecule has 1 saturated heterocycles. The molecule has 1 unspecified atom stereocenters. The van der Waals surface area contributed by atoms with Crippen molar-refractivity contribution >= 4 is 42.4 Å². The summed E-state index contributed by atoms with van der Waals surface area (Å²) in [4.78, 5) is 23.2. The lowest BCUT2D eigenvalue weighted by Gasteiger charge is -2.26. The average molecular weight is 627 g/mol. The van der Waals surface area contributed by atoms with E-state index >= 15 is 0 Å². The number of para-hydroxylation sites is 1. The van der Waals surface area contributed by atoms with Crippen molar-refractivity contribution in [2.75, 3.05) is 25.6 Å². The average Bonchev–Trinajstić information content (AvgIpc) is 3.44.